The van der Waals surface area contributed by atoms with Gasteiger partial charge in [-0.1, -0.05) is 0 Å². The fourth-order valence-corrected chi connectivity index (χ4v) is 1.72. The molecule has 0 amide bonds. The molecule has 1 rings (SSSR count). The van der Waals surface area contributed by atoms with Gasteiger partial charge in [0.25, 0.3) is 0 Å². The minimum absolute atomic E-state index is 0.0871. The Morgan fingerprint density at radius 2 is 0.824 bits per heavy atom. The highest BCUT2D eigenvalue weighted by molar-refractivity contribution is 6.52. The van der Waals surface area contributed by atoms with E-state index in [4.69, 9.17) is 0 Å². The topological polar surface area (TPSA) is 9.72 Å². The van der Waals surface area contributed by atoms with Crippen molar-refractivity contribution in [1.29, 1.82) is 0 Å². The molecule has 5 heteroatoms. The molecule has 0 saturated carbocycles. The van der Waals surface area contributed by atoms with E-state index in [0.29, 0.717) is 0 Å². The van der Waals surface area contributed by atoms with Gasteiger partial charge in [0.15, 0.2) is 0 Å². The van der Waals surface area contributed by atoms with Gasteiger partial charge in [0.2, 0.25) is 0 Å². The van der Waals surface area contributed by atoms with Crippen LogP contribution in [0.2, 0.25) is 0 Å². The van der Waals surface area contributed by atoms with E-state index >= 15 is 0 Å². The van der Waals surface area contributed by atoms with Crippen molar-refractivity contribution >= 4 is 15.1 Å². The van der Waals surface area contributed by atoms with Crippen LogP contribution in [0.1, 0.15) is 62.3 Å². The first-order chi connectivity index (χ1) is 7.33. The maximum absolute atomic E-state index is 2.32. The molecule has 1 fully saturated rings. The monoisotopic (exact) mass is 235 g/mol. The van der Waals surface area contributed by atoms with Crippen LogP contribution in [0.3, 0.4) is 0 Å². The van der Waals surface area contributed by atoms with Gasteiger partial charge in [-0.3, -0.25) is 9.84 Å². The summed E-state index contributed by atoms with van der Waals surface area (Å²) in [4.78, 5) is 4.64. The zero-order valence-corrected chi connectivity index (χ0v) is 13.0. The first kappa shape index (κ1) is 15.1. The summed E-state index contributed by atoms with van der Waals surface area (Å²) in [6, 6.07) is 0. The lowest BCUT2D eigenvalue weighted by atomic mass is 9.85. The quantitative estimate of drug-likeness (QED) is 0.596. The highest BCUT2D eigenvalue weighted by atomic mass is 15.7. The Bertz CT molecular complexity index is 251. The van der Waals surface area contributed by atoms with Gasteiger partial charge in [-0.2, -0.15) is 0 Å². The van der Waals surface area contributed by atoms with Crippen LogP contribution in [-0.4, -0.2) is 46.3 Å². The molecule has 0 aromatic rings. The van der Waals surface area contributed by atoms with Gasteiger partial charge in [-0.25, -0.2) is 0 Å². The molecule has 0 atom stereocenters. The van der Waals surface area contributed by atoms with E-state index in [9.17, 15) is 0 Å². The highest BCUT2D eigenvalue weighted by Crippen LogP contribution is 2.29. The zero-order chi connectivity index (χ0) is 13.6. The molecular weight excluding hydrogens is 208 g/mol. The Hall–Kier alpha value is 0.00987. The normalized spacial score (nSPS) is 21.5. The lowest BCUT2D eigenvalue weighted by molar-refractivity contribution is 0.00881. The molecule has 0 spiro atoms. The van der Waals surface area contributed by atoms with Crippen LogP contribution in [0, 0.1) is 0 Å². The third-order valence-corrected chi connectivity index (χ3v) is 2.85. The first-order valence-electron chi connectivity index (χ1n) is 6.40. The van der Waals surface area contributed by atoms with Crippen LogP contribution >= 0.6 is 0 Å². The minimum atomic E-state index is 0.0871. The zero-order valence-electron chi connectivity index (χ0n) is 13.0. The molecule has 1 aliphatic heterocycles. The fourth-order valence-electron chi connectivity index (χ4n) is 1.72. The molecule has 2 radical (unpaired) electrons. The third kappa shape index (κ3) is 3.49. The largest absolute Gasteiger partial charge is 0.357 e. The second kappa shape index (κ2) is 4.29. The predicted molar refractivity (Wildman–Crippen MR) is 76.3 cm³/mol. The van der Waals surface area contributed by atoms with Gasteiger partial charge in [0.05, 0.1) is 0 Å². The predicted octanol–water partition coefficient (Wildman–Crippen LogP) is 2.28. The van der Waals surface area contributed by atoms with Crippen LogP contribution in [0.5, 0.6) is 0 Å². The molecule has 0 aliphatic carbocycles. The molecular formula is C12H27B2N3. The Labute approximate surface area is 109 Å². The number of hydrogen-bond donors (Lipinski definition) is 0. The maximum atomic E-state index is 2.32. The molecule has 1 aliphatic rings. The smallest absolute Gasteiger partial charge is 0.317 e. The van der Waals surface area contributed by atoms with Crippen molar-refractivity contribution in [1.82, 2.24) is 14.6 Å². The van der Waals surface area contributed by atoms with Gasteiger partial charge < -0.3 is 4.72 Å². The number of rotatable bonds is 0. The summed E-state index contributed by atoms with van der Waals surface area (Å²) in [5.74, 6) is 0. The molecule has 17 heavy (non-hydrogen) atoms. The lowest BCUT2D eigenvalue weighted by Crippen LogP contribution is -2.57. The van der Waals surface area contributed by atoms with Crippen LogP contribution in [-0.2, 0) is 0 Å². The molecule has 3 nitrogen and oxygen atoms in total. The molecule has 1 heterocycles. The van der Waals surface area contributed by atoms with Gasteiger partial charge >= 0.3 is 15.1 Å². The van der Waals surface area contributed by atoms with Crippen molar-refractivity contribution in [3.8, 4) is 0 Å². The summed E-state index contributed by atoms with van der Waals surface area (Å²) in [5, 5.41) is 0. The summed E-state index contributed by atoms with van der Waals surface area (Å²) in [6.07, 6.45) is 0. The summed E-state index contributed by atoms with van der Waals surface area (Å²) in [7, 11) is 4.43. The average molecular weight is 235 g/mol. The molecule has 96 valence electrons. The second-order valence-electron chi connectivity index (χ2n) is 7.84. The van der Waals surface area contributed by atoms with Crippen molar-refractivity contribution in [2.24, 2.45) is 0 Å². The second-order valence-corrected chi connectivity index (χ2v) is 7.84. The Morgan fingerprint density at radius 3 is 1.00 bits per heavy atom. The Morgan fingerprint density at radius 1 is 0.529 bits per heavy atom. The van der Waals surface area contributed by atoms with Crippen LogP contribution in [0.25, 0.3) is 0 Å². The van der Waals surface area contributed by atoms with E-state index in [1.807, 2.05) is 0 Å². The van der Waals surface area contributed by atoms with Crippen molar-refractivity contribution in [2.45, 2.75) is 78.9 Å². The van der Waals surface area contributed by atoms with Gasteiger partial charge in [0, 0.05) is 11.1 Å². The van der Waals surface area contributed by atoms with E-state index in [2.05, 4.69) is 92.0 Å². The summed E-state index contributed by atoms with van der Waals surface area (Å²) >= 11 is 0. The summed E-state index contributed by atoms with van der Waals surface area (Å²) in [6.45, 7) is 20.1. The number of hydrazine groups is 1. The Balaban J connectivity index is 2.96. The standard InChI is InChI=1S/C12H27B2N3/c1-10(2,3)15-13-16(11(4,5)6)17(14-15)12(7,8)9/h1-9H3. The molecule has 1 saturated heterocycles. The molecule has 0 N–H and O–H groups in total. The van der Waals surface area contributed by atoms with E-state index < -0.39 is 0 Å². The van der Waals surface area contributed by atoms with Crippen LogP contribution < -0.4 is 0 Å². The number of nitrogens with zero attached hydrogens (tertiary/aromatic N) is 3. The van der Waals surface area contributed by atoms with E-state index in [1.165, 1.54) is 0 Å². The number of hydrogen-bond acceptors (Lipinski definition) is 3. The van der Waals surface area contributed by atoms with Crippen LogP contribution in [0.15, 0.2) is 0 Å². The molecule has 0 aromatic heterocycles. The highest BCUT2D eigenvalue weighted by Gasteiger charge is 2.45. The molecule has 0 bridgehead atoms. The van der Waals surface area contributed by atoms with Crippen LogP contribution in [0.4, 0.5) is 0 Å². The summed E-state index contributed by atoms with van der Waals surface area (Å²) in [5.41, 5.74) is 0.289. The third-order valence-electron chi connectivity index (χ3n) is 2.85. The minimum Gasteiger partial charge on any atom is -0.357 e. The van der Waals surface area contributed by atoms with Gasteiger partial charge in [-0.05, 0) is 67.9 Å². The maximum Gasteiger partial charge on any atom is 0.317 e. The Kier molecular flexibility index (Phi) is 3.80. The van der Waals surface area contributed by atoms with E-state index in [-0.39, 0.29) is 16.6 Å². The van der Waals surface area contributed by atoms with Crippen molar-refractivity contribution in [3.05, 3.63) is 0 Å². The van der Waals surface area contributed by atoms with E-state index in [0.717, 1.165) is 0 Å². The fraction of sp³-hybridized carbons (Fsp3) is 1.00. The van der Waals surface area contributed by atoms with Crippen molar-refractivity contribution < 1.29 is 0 Å². The lowest BCUT2D eigenvalue weighted by Gasteiger charge is -2.45. The summed E-state index contributed by atoms with van der Waals surface area (Å²) < 4.78 is 2.28. The van der Waals surface area contributed by atoms with E-state index in [1.54, 1.807) is 0 Å². The van der Waals surface area contributed by atoms with Crippen molar-refractivity contribution in [3.63, 3.8) is 0 Å². The van der Waals surface area contributed by atoms with Gasteiger partial charge in [0.1, 0.15) is 0 Å². The molecule has 0 aromatic carbocycles. The molecule has 0 unspecified atom stereocenters. The average Bonchev–Trinajstić information content (AvgIpc) is 2.42. The van der Waals surface area contributed by atoms with Gasteiger partial charge in [-0.15, -0.1) is 0 Å². The first-order valence-corrected chi connectivity index (χ1v) is 6.40. The SMILES string of the molecule is CC(C)(C)N1[B]N(C(C)(C)C)N(C(C)(C)C)[B]1. The van der Waals surface area contributed by atoms with Crippen molar-refractivity contribution in [2.75, 3.05) is 0 Å².